The van der Waals surface area contributed by atoms with Crippen molar-refractivity contribution in [1.82, 2.24) is 0 Å². The summed E-state index contributed by atoms with van der Waals surface area (Å²) in [7, 11) is 0. The number of fused-ring (bicyclic) bond motifs is 1. The highest BCUT2D eigenvalue weighted by Crippen LogP contribution is 2.33. The third kappa shape index (κ3) is 4.87. The van der Waals surface area contributed by atoms with E-state index in [4.69, 9.17) is 4.74 Å². The van der Waals surface area contributed by atoms with Gasteiger partial charge in [-0.3, -0.25) is 4.79 Å². The van der Waals surface area contributed by atoms with Crippen LogP contribution in [-0.4, -0.2) is 19.1 Å². The van der Waals surface area contributed by atoms with E-state index in [9.17, 15) is 4.79 Å². The fraction of sp³-hybridized carbons (Fsp3) is 0.588. The molecule has 0 aromatic heterocycles. The van der Waals surface area contributed by atoms with E-state index in [-0.39, 0.29) is 12.5 Å². The lowest BCUT2D eigenvalue weighted by Crippen LogP contribution is -2.39. The molecule has 21 heavy (non-hydrogen) atoms. The van der Waals surface area contributed by atoms with Crippen molar-refractivity contribution in [2.45, 2.75) is 51.9 Å². The van der Waals surface area contributed by atoms with Crippen molar-refractivity contribution < 1.29 is 9.53 Å². The van der Waals surface area contributed by atoms with E-state index in [0.717, 1.165) is 28.0 Å². The summed E-state index contributed by atoms with van der Waals surface area (Å²) in [6, 6.07) is 6.01. The molecule has 0 bridgehead atoms. The second-order valence-electron chi connectivity index (χ2n) is 5.57. The summed E-state index contributed by atoms with van der Waals surface area (Å²) >= 11 is 2.27. The van der Waals surface area contributed by atoms with Crippen LogP contribution in [0.5, 0.6) is 5.75 Å². The van der Waals surface area contributed by atoms with Crippen LogP contribution in [0, 0.1) is 3.57 Å². The van der Waals surface area contributed by atoms with Crippen LogP contribution in [0.25, 0.3) is 0 Å². The molecule has 0 aliphatic carbocycles. The van der Waals surface area contributed by atoms with Gasteiger partial charge < -0.3 is 9.64 Å². The van der Waals surface area contributed by atoms with Crippen LogP contribution >= 0.6 is 22.6 Å². The Hall–Kier alpha value is -0.780. The summed E-state index contributed by atoms with van der Waals surface area (Å²) in [6.07, 6.45) is 8.84. The van der Waals surface area contributed by atoms with E-state index in [0.29, 0.717) is 0 Å². The van der Waals surface area contributed by atoms with Crippen LogP contribution < -0.4 is 9.64 Å². The van der Waals surface area contributed by atoms with Gasteiger partial charge in [0, 0.05) is 10.1 Å². The molecule has 0 spiro atoms. The number of anilines is 1. The van der Waals surface area contributed by atoms with Crippen LogP contribution in [0.15, 0.2) is 18.2 Å². The molecule has 1 aliphatic rings. The molecule has 1 aromatic carbocycles. The summed E-state index contributed by atoms with van der Waals surface area (Å²) < 4.78 is 6.63. The van der Waals surface area contributed by atoms with E-state index >= 15 is 0 Å². The molecule has 2 rings (SSSR count). The minimum absolute atomic E-state index is 0.0792. The maximum Gasteiger partial charge on any atom is 0.265 e. The number of carbonyl (C=O) groups is 1. The van der Waals surface area contributed by atoms with Gasteiger partial charge in [-0.15, -0.1) is 0 Å². The molecule has 0 saturated carbocycles. The number of amides is 1. The Labute approximate surface area is 141 Å². The van der Waals surface area contributed by atoms with Gasteiger partial charge in [-0.05, 0) is 47.2 Å². The molecule has 1 aliphatic heterocycles. The number of ether oxygens (including phenoxy) is 1. The van der Waals surface area contributed by atoms with Crippen molar-refractivity contribution in [2.24, 2.45) is 0 Å². The van der Waals surface area contributed by atoms with Crippen LogP contribution in [-0.2, 0) is 4.79 Å². The quantitative estimate of drug-likeness (QED) is 0.464. The number of hydrogen-bond donors (Lipinski definition) is 0. The van der Waals surface area contributed by atoms with E-state index in [2.05, 4.69) is 29.5 Å². The van der Waals surface area contributed by atoms with E-state index in [1.165, 1.54) is 38.5 Å². The number of rotatable bonds is 8. The zero-order valence-corrected chi connectivity index (χ0v) is 14.9. The number of hydrogen-bond acceptors (Lipinski definition) is 2. The predicted molar refractivity (Wildman–Crippen MR) is 95.0 cm³/mol. The molecule has 0 radical (unpaired) electrons. The summed E-state index contributed by atoms with van der Waals surface area (Å²) in [5, 5.41) is 0. The molecular formula is C17H24INO2. The third-order valence-corrected chi connectivity index (χ3v) is 4.52. The van der Waals surface area contributed by atoms with Crippen LogP contribution in [0.4, 0.5) is 5.69 Å². The lowest BCUT2D eigenvalue weighted by molar-refractivity contribution is -0.121. The second kappa shape index (κ2) is 8.61. The van der Waals surface area contributed by atoms with Gasteiger partial charge in [0.15, 0.2) is 6.61 Å². The van der Waals surface area contributed by atoms with Gasteiger partial charge in [0.2, 0.25) is 0 Å². The summed E-state index contributed by atoms with van der Waals surface area (Å²) in [4.78, 5) is 14.0. The van der Waals surface area contributed by atoms with Gasteiger partial charge in [0.25, 0.3) is 5.91 Å². The Kier molecular flexibility index (Phi) is 6.80. The molecule has 0 fully saturated rings. The van der Waals surface area contributed by atoms with Crippen LogP contribution in [0.1, 0.15) is 51.9 Å². The number of nitrogens with zero attached hydrogens (tertiary/aromatic N) is 1. The Morgan fingerprint density at radius 1 is 1.14 bits per heavy atom. The topological polar surface area (TPSA) is 29.5 Å². The van der Waals surface area contributed by atoms with Crippen LogP contribution in [0.2, 0.25) is 0 Å². The van der Waals surface area contributed by atoms with Gasteiger partial charge in [-0.1, -0.05) is 45.4 Å². The molecule has 1 heterocycles. The summed E-state index contributed by atoms with van der Waals surface area (Å²) in [5.41, 5.74) is 0.934. The molecule has 0 N–H and O–H groups in total. The van der Waals surface area contributed by atoms with Gasteiger partial charge in [0.1, 0.15) is 5.75 Å². The molecule has 0 atom stereocenters. The summed E-state index contributed by atoms with van der Waals surface area (Å²) in [6.45, 7) is 3.22. The molecule has 1 aromatic rings. The van der Waals surface area contributed by atoms with Crippen molar-refractivity contribution in [3.05, 3.63) is 21.8 Å². The minimum atomic E-state index is 0.0792. The third-order valence-electron chi connectivity index (χ3n) is 3.85. The number of benzene rings is 1. The van der Waals surface area contributed by atoms with E-state index in [1.54, 1.807) is 0 Å². The van der Waals surface area contributed by atoms with Gasteiger partial charge >= 0.3 is 0 Å². The monoisotopic (exact) mass is 401 g/mol. The zero-order chi connectivity index (χ0) is 15.1. The fourth-order valence-electron chi connectivity index (χ4n) is 2.65. The average molecular weight is 401 g/mol. The minimum Gasteiger partial charge on any atom is -0.482 e. The molecule has 0 unspecified atom stereocenters. The van der Waals surface area contributed by atoms with Crippen molar-refractivity contribution in [1.29, 1.82) is 0 Å². The molecule has 0 saturated heterocycles. The highest BCUT2D eigenvalue weighted by Gasteiger charge is 2.24. The molecule has 4 heteroatoms. The van der Waals surface area contributed by atoms with Crippen molar-refractivity contribution in [2.75, 3.05) is 18.1 Å². The number of halogens is 1. The van der Waals surface area contributed by atoms with Crippen LogP contribution in [0.3, 0.4) is 0 Å². The van der Waals surface area contributed by atoms with Crippen molar-refractivity contribution >= 4 is 34.2 Å². The first kappa shape index (κ1) is 16.6. The number of unbranched alkanes of at least 4 members (excludes halogenated alkanes) is 6. The average Bonchev–Trinajstić information content (AvgIpc) is 2.48. The molecule has 116 valence electrons. The van der Waals surface area contributed by atoms with Crippen molar-refractivity contribution in [3.63, 3.8) is 0 Å². The molecular weight excluding hydrogens is 377 g/mol. The maximum atomic E-state index is 12.1. The number of carbonyl (C=O) groups excluding carboxylic acids is 1. The van der Waals surface area contributed by atoms with E-state index < -0.39 is 0 Å². The Balaban J connectivity index is 1.83. The van der Waals surface area contributed by atoms with E-state index in [1.807, 2.05) is 23.1 Å². The standard InChI is InChI=1S/C17H24INO2/c1-2-3-4-5-6-7-8-11-19-15-12-14(18)9-10-16(15)21-13-17(19)20/h9-10,12H,2-8,11,13H2,1H3. The first-order chi connectivity index (χ1) is 10.2. The lowest BCUT2D eigenvalue weighted by Gasteiger charge is -2.29. The van der Waals surface area contributed by atoms with Gasteiger partial charge in [-0.2, -0.15) is 0 Å². The predicted octanol–water partition coefficient (Wildman–Crippen LogP) is 4.77. The maximum absolute atomic E-state index is 12.1. The largest absolute Gasteiger partial charge is 0.482 e. The highest BCUT2D eigenvalue weighted by atomic mass is 127. The molecule has 1 amide bonds. The zero-order valence-electron chi connectivity index (χ0n) is 12.7. The van der Waals surface area contributed by atoms with Gasteiger partial charge in [0.05, 0.1) is 5.69 Å². The Morgan fingerprint density at radius 2 is 1.86 bits per heavy atom. The SMILES string of the molecule is CCCCCCCCCN1C(=O)COc2ccc(I)cc21. The highest BCUT2D eigenvalue weighted by molar-refractivity contribution is 14.1. The second-order valence-corrected chi connectivity index (χ2v) is 6.81. The van der Waals surface area contributed by atoms with Gasteiger partial charge in [-0.25, -0.2) is 0 Å². The van der Waals surface area contributed by atoms with Crippen molar-refractivity contribution in [3.8, 4) is 5.75 Å². The lowest BCUT2D eigenvalue weighted by atomic mass is 10.1. The first-order valence-electron chi connectivity index (χ1n) is 7.95. The summed E-state index contributed by atoms with van der Waals surface area (Å²) in [5.74, 6) is 0.911. The first-order valence-corrected chi connectivity index (χ1v) is 9.03. The normalized spacial score (nSPS) is 14.0. The molecule has 3 nitrogen and oxygen atoms in total. The fourth-order valence-corrected chi connectivity index (χ4v) is 3.12. The Bertz CT molecular complexity index is 476. The Morgan fingerprint density at radius 3 is 2.62 bits per heavy atom. The smallest absolute Gasteiger partial charge is 0.265 e.